The summed E-state index contributed by atoms with van der Waals surface area (Å²) in [7, 11) is -4.07. The fraction of sp³-hybridized carbons (Fsp3) is 0.350. The van der Waals surface area contributed by atoms with Crippen LogP contribution in [0.1, 0.15) is 36.7 Å². The van der Waals surface area contributed by atoms with Crippen LogP contribution < -0.4 is 24.5 Å². The van der Waals surface area contributed by atoms with Crippen molar-refractivity contribution in [2.45, 2.75) is 32.6 Å². The van der Waals surface area contributed by atoms with Gasteiger partial charge >= 0.3 is 0 Å². The van der Waals surface area contributed by atoms with Gasteiger partial charge in [0.15, 0.2) is 11.5 Å². The van der Waals surface area contributed by atoms with E-state index in [-0.39, 0.29) is 15.5 Å². The first kappa shape index (κ1) is 23.8. The molecular formula is C20H25ClN2O6S. The van der Waals surface area contributed by atoms with Crippen molar-refractivity contribution < 1.29 is 27.4 Å². The maximum Gasteiger partial charge on any atom is 0.266 e. The molecule has 2 rings (SSSR count). The Kier molecular flexibility index (Phi) is 8.33. The van der Waals surface area contributed by atoms with Crippen molar-refractivity contribution in [2.24, 2.45) is 0 Å². The number of aryl methyl sites for hydroxylation is 1. The first-order valence-electron chi connectivity index (χ1n) is 9.38. The fourth-order valence-electron chi connectivity index (χ4n) is 2.58. The second-order valence-corrected chi connectivity index (χ2v) is 8.15. The van der Waals surface area contributed by atoms with Crippen LogP contribution in [0.5, 0.6) is 17.2 Å². The highest BCUT2D eigenvalue weighted by Gasteiger charge is 2.22. The van der Waals surface area contributed by atoms with Crippen molar-refractivity contribution in [3.05, 3.63) is 46.5 Å². The maximum atomic E-state index is 12.6. The highest BCUT2D eigenvalue weighted by molar-refractivity contribution is 7.89. The molecule has 0 aliphatic carbocycles. The molecule has 10 heteroatoms. The molecule has 30 heavy (non-hydrogen) atoms. The van der Waals surface area contributed by atoms with Crippen molar-refractivity contribution in [1.29, 1.82) is 0 Å². The summed E-state index contributed by atoms with van der Waals surface area (Å²) in [5.74, 6) is 0.316. The lowest BCUT2D eigenvalue weighted by Gasteiger charge is -2.17. The molecule has 2 aromatic rings. The summed E-state index contributed by atoms with van der Waals surface area (Å²) in [4.78, 5) is 14.5. The molecule has 164 valence electrons. The van der Waals surface area contributed by atoms with Gasteiger partial charge in [0.2, 0.25) is 5.75 Å². The third-order valence-electron chi connectivity index (χ3n) is 3.85. The lowest BCUT2D eigenvalue weighted by Crippen LogP contribution is -2.41. The van der Waals surface area contributed by atoms with Crippen LogP contribution in [0, 0.1) is 6.92 Å². The summed E-state index contributed by atoms with van der Waals surface area (Å²) < 4.78 is 41.7. The minimum absolute atomic E-state index is 0.0510. The molecule has 2 N–H and O–H groups in total. The number of ether oxygens (including phenoxy) is 3. The Balaban J connectivity index is 2.29. The molecule has 0 aliphatic rings. The first-order chi connectivity index (χ1) is 14.2. The summed E-state index contributed by atoms with van der Waals surface area (Å²) in [5, 5.41) is 0.0510. The molecule has 0 atom stereocenters. The Morgan fingerprint density at radius 2 is 1.53 bits per heavy atom. The van der Waals surface area contributed by atoms with Gasteiger partial charge in [-0.3, -0.25) is 10.2 Å². The molecule has 0 saturated carbocycles. The van der Waals surface area contributed by atoms with E-state index in [9.17, 15) is 13.2 Å². The van der Waals surface area contributed by atoms with Gasteiger partial charge in [0, 0.05) is 5.56 Å². The predicted molar refractivity (Wildman–Crippen MR) is 114 cm³/mol. The Bertz CT molecular complexity index is 983. The number of carbonyl (C=O) groups excluding carboxylic acids is 1. The fourth-order valence-corrected chi connectivity index (χ4v) is 4.02. The molecule has 0 spiro atoms. The van der Waals surface area contributed by atoms with Crippen LogP contribution in [-0.4, -0.2) is 34.1 Å². The van der Waals surface area contributed by atoms with Gasteiger partial charge in [-0.2, -0.15) is 0 Å². The molecule has 0 bridgehead atoms. The Labute approximate surface area is 181 Å². The second-order valence-electron chi connectivity index (χ2n) is 6.09. The van der Waals surface area contributed by atoms with Gasteiger partial charge in [-0.05, 0) is 57.5 Å². The normalized spacial score (nSPS) is 11.1. The minimum Gasteiger partial charge on any atom is -0.490 e. The summed E-state index contributed by atoms with van der Waals surface area (Å²) in [6, 6.07) is 7.41. The summed E-state index contributed by atoms with van der Waals surface area (Å²) in [5.41, 5.74) is 3.12. The van der Waals surface area contributed by atoms with Crippen LogP contribution >= 0.6 is 11.6 Å². The van der Waals surface area contributed by atoms with Crippen molar-refractivity contribution in [3.63, 3.8) is 0 Å². The predicted octanol–water partition coefficient (Wildman–Crippen LogP) is 3.47. The maximum absolute atomic E-state index is 12.6. The monoisotopic (exact) mass is 456 g/mol. The number of hydrogen-bond donors (Lipinski definition) is 2. The number of rotatable bonds is 10. The largest absolute Gasteiger partial charge is 0.490 e. The molecule has 1 amide bonds. The number of benzene rings is 2. The zero-order valence-corrected chi connectivity index (χ0v) is 18.8. The average molecular weight is 457 g/mol. The lowest BCUT2D eigenvalue weighted by atomic mass is 10.1. The number of nitrogens with one attached hydrogen (secondary N) is 2. The molecule has 0 fully saturated rings. The number of sulfonamides is 1. The Hall–Kier alpha value is -2.49. The van der Waals surface area contributed by atoms with E-state index in [2.05, 4.69) is 10.3 Å². The van der Waals surface area contributed by atoms with Crippen molar-refractivity contribution in [3.8, 4) is 17.2 Å². The lowest BCUT2D eigenvalue weighted by molar-refractivity contribution is 0.0944. The molecule has 0 heterocycles. The minimum atomic E-state index is -4.07. The number of amides is 1. The molecular weight excluding hydrogens is 432 g/mol. The SMILES string of the molecule is CCOc1cc(C(=O)NNS(=O)(=O)c2ccc(C)cc2Cl)cc(OCC)c1OCC. The van der Waals surface area contributed by atoms with Crippen LogP contribution in [-0.2, 0) is 10.0 Å². The van der Waals surface area contributed by atoms with E-state index in [1.807, 2.05) is 6.92 Å². The molecule has 2 aromatic carbocycles. The van der Waals surface area contributed by atoms with Gasteiger partial charge in [0.1, 0.15) is 4.90 Å². The molecule has 0 aromatic heterocycles. The third kappa shape index (κ3) is 5.78. The van der Waals surface area contributed by atoms with Crippen LogP contribution in [0.3, 0.4) is 0 Å². The highest BCUT2D eigenvalue weighted by Crippen LogP contribution is 2.39. The van der Waals surface area contributed by atoms with Crippen molar-refractivity contribution in [1.82, 2.24) is 10.3 Å². The number of hydrazine groups is 1. The van der Waals surface area contributed by atoms with E-state index in [0.717, 1.165) is 5.56 Å². The van der Waals surface area contributed by atoms with Gasteiger partial charge in [0.25, 0.3) is 15.9 Å². The topological polar surface area (TPSA) is 103 Å². The van der Waals surface area contributed by atoms with Gasteiger partial charge in [-0.25, -0.2) is 8.42 Å². The van der Waals surface area contributed by atoms with Gasteiger partial charge in [-0.15, -0.1) is 4.83 Å². The van der Waals surface area contributed by atoms with E-state index >= 15 is 0 Å². The molecule has 0 unspecified atom stereocenters. The quantitative estimate of drug-likeness (QED) is 0.530. The molecule has 8 nitrogen and oxygen atoms in total. The second kappa shape index (κ2) is 10.5. The van der Waals surface area contributed by atoms with Crippen molar-refractivity contribution >= 4 is 27.5 Å². The van der Waals surface area contributed by atoms with Gasteiger partial charge in [0.05, 0.1) is 24.8 Å². The Morgan fingerprint density at radius 1 is 0.967 bits per heavy atom. The van der Waals surface area contributed by atoms with Crippen LogP contribution in [0.4, 0.5) is 0 Å². The average Bonchev–Trinajstić information content (AvgIpc) is 2.68. The summed E-state index contributed by atoms with van der Waals surface area (Å²) in [6.45, 7) is 8.25. The van der Waals surface area contributed by atoms with Gasteiger partial charge in [-0.1, -0.05) is 17.7 Å². The van der Waals surface area contributed by atoms with E-state index in [1.165, 1.54) is 24.3 Å². The highest BCUT2D eigenvalue weighted by atomic mass is 35.5. The number of carbonyl (C=O) groups is 1. The standard InChI is InChI=1S/C20H25ClN2O6S/c1-5-27-16-11-14(12-17(28-6-2)19(16)29-7-3)20(24)22-23-30(25,26)18-9-8-13(4)10-15(18)21/h8-12,23H,5-7H2,1-4H3,(H,22,24). The van der Waals surface area contributed by atoms with E-state index in [0.29, 0.717) is 37.1 Å². The van der Waals surface area contributed by atoms with E-state index in [4.69, 9.17) is 25.8 Å². The van der Waals surface area contributed by atoms with Crippen LogP contribution in [0.15, 0.2) is 35.2 Å². The van der Waals surface area contributed by atoms with E-state index in [1.54, 1.807) is 26.8 Å². The van der Waals surface area contributed by atoms with Crippen LogP contribution in [0.2, 0.25) is 5.02 Å². The smallest absolute Gasteiger partial charge is 0.266 e. The zero-order chi connectivity index (χ0) is 22.3. The first-order valence-corrected chi connectivity index (χ1v) is 11.2. The molecule has 0 aliphatic heterocycles. The Morgan fingerprint density at radius 3 is 2.03 bits per heavy atom. The van der Waals surface area contributed by atoms with Crippen molar-refractivity contribution in [2.75, 3.05) is 19.8 Å². The molecule has 0 radical (unpaired) electrons. The van der Waals surface area contributed by atoms with E-state index < -0.39 is 15.9 Å². The third-order valence-corrected chi connectivity index (χ3v) is 5.58. The summed E-state index contributed by atoms with van der Waals surface area (Å²) in [6.07, 6.45) is 0. The summed E-state index contributed by atoms with van der Waals surface area (Å²) >= 11 is 6.03. The van der Waals surface area contributed by atoms with Gasteiger partial charge < -0.3 is 14.2 Å². The molecule has 0 saturated heterocycles. The number of hydrogen-bond acceptors (Lipinski definition) is 6. The number of halogens is 1. The zero-order valence-electron chi connectivity index (χ0n) is 17.2. The van der Waals surface area contributed by atoms with Crippen LogP contribution in [0.25, 0.3) is 0 Å².